The highest BCUT2D eigenvalue weighted by molar-refractivity contribution is 5.95. The van der Waals surface area contributed by atoms with Crippen molar-refractivity contribution in [2.75, 3.05) is 11.9 Å². The van der Waals surface area contributed by atoms with E-state index in [0.29, 0.717) is 0 Å². The number of hydrogen-bond donors (Lipinski definition) is 2. The monoisotopic (exact) mass is 271 g/mol. The van der Waals surface area contributed by atoms with Gasteiger partial charge in [0.05, 0.1) is 17.3 Å². The summed E-state index contributed by atoms with van der Waals surface area (Å²) in [6.07, 6.45) is 3.96. The molecule has 2 N–H and O–H groups in total. The van der Waals surface area contributed by atoms with E-state index in [9.17, 15) is 4.79 Å². The van der Waals surface area contributed by atoms with Gasteiger partial charge in [-0.2, -0.15) is 5.10 Å². The summed E-state index contributed by atoms with van der Waals surface area (Å²) in [6, 6.07) is 7.80. The van der Waals surface area contributed by atoms with Gasteiger partial charge in [0.15, 0.2) is 0 Å². The second kappa shape index (κ2) is 5.42. The van der Waals surface area contributed by atoms with Gasteiger partial charge < -0.3 is 10.6 Å². The summed E-state index contributed by atoms with van der Waals surface area (Å²) in [7, 11) is 0. The number of amides is 1. The number of anilines is 1. The first kappa shape index (κ1) is 12.8. The van der Waals surface area contributed by atoms with Gasteiger partial charge in [0, 0.05) is 6.04 Å². The Morgan fingerprint density at radius 2 is 2.30 bits per heavy atom. The van der Waals surface area contributed by atoms with Gasteiger partial charge in [0.1, 0.15) is 12.7 Å². The molecule has 104 valence electrons. The predicted octanol–water partition coefficient (Wildman–Crippen LogP) is 1.20. The molecule has 6 nitrogen and oxygen atoms in total. The zero-order valence-corrected chi connectivity index (χ0v) is 11.3. The molecule has 1 saturated heterocycles. The minimum atomic E-state index is 0.0128. The Hall–Kier alpha value is -2.21. The first-order valence-corrected chi connectivity index (χ1v) is 6.74. The van der Waals surface area contributed by atoms with Crippen LogP contribution in [0.1, 0.15) is 13.3 Å². The van der Waals surface area contributed by atoms with E-state index in [0.717, 1.165) is 24.3 Å². The van der Waals surface area contributed by atoms with Crippen molar-refractivity contribution in [3.63, 3.8) is 0 Å². The highest BCUT2D eigenvalue weighted by atomic mass is 16.2. The highest BCUT2D eigenvalue weighted by Crippen LogP contribution is 2.22. The second-order valence-electron chi connectivity index (χ2n) is 4.98. The molecule has 1 fully saturated rings. The lowest BCUT2D eigenvalue weighted by atomic mass is 10.0. The average molecular weight is 271 g/mol. The molecule has 0 aliphatic carbocycles. The molecule has 1 amide bonds. The van der Waals surface area contributed by atoms with Crippen molar-refractivity contribution in [1.82, 2.24) is 20.1 Å². The molecule has 0 spiro atoms. The zero-order chi connectivity index (χ0) is 13.9. The molecule has 3 rings (SSSR count). The molecule has 2 atom stereocenters. The largest absolute Gasteiger partial charge is 0.324 e. The topological polar surface area (TPSA) is 71.8 Å². The molecule has 1 aliphatic heterocycles. The van der Waals surface area contributed by atoms with Crippen LogP contribution in [-0.4, -0.2) is 33.3 Å². The van der Waals surface area contributed by atoms with Crippen molar-refractivity contribution in [2.24, 2.45) is 5.92 Å². The van der Waals surface area contributed by atoms with E-state index in [1.807, 2.05) is 31.2 Å². The Balaban J connectivity index is 1.83. The van der Waals surface area contributed by atoms with Crippen LogP contribution in [-0.2, 0) is 4.79 Å². The highest BCUT2D eigenvalue weighted by Gasteiger charge is 2.29. The smallest absolute Gasteiger partial charge is 0.229 e. The summed E-state index contributed by atoms with van der Waals surface area (Å²) in [5, 5.41) is 10.4. The van der Waals surface area contributed by atoms with Gasteiger partial charge in [-0.05, 0) is 32.0 Å². The zero-order valence-electron chi connectivity index (χ0n) is 11.3. The van der Waals surface area contributed by atoms with Crippen molar-refractivity contribution >= 4 is 11.6 Å². The van der Waals surface area contributed by atoms with E-state index in [2.05, 4.69) is 20.7 Å². The van der Waals surface area contributed by atoms with Crippen molar-refractivity contribution < 1.29 is 4.79 Å². The maximum absolute atomic E-state index is 12.4. The Morgan fingerprint density at radius 3 is 3.00 bits per heavy atom. The van der Waals surface area contributed by atoms with Crippen LogP contribution in [0.4, 0.5) is 5.69 Å². The predicted molar refractivity (Wildman–Crippen MR) is 75.6 cm³/mol. The van der Waals surface area contributed by atoms with Gasteiger partial charge in [-0.25, -0.2) is 9.67 Å². The molecule has 1 aliphatic rings. The van der Waals surface area contributed by atoms with Crippen molar-refractivity contribution in [3.8, 4) is 5.69 Å². The fourth-order valence-corrected chi connectivity index (χ4v) is 2.55. The molecule has 6 heteroatoms. The number of carbonyl (C=O) groups is 1. The number of aromatic nitrogens is 3. The Labute approximate surface area is 117 Å². The normalized spacial score (nSPS) is 21.9. The molecular weight excluding hydrogens is 254 g/mol. The lowest BCUT2D eigenvalue weighted by Gasteiger charge is -2.16. The minimum absolute atomic E-state index is 0.0128. The lowest BCUT2D eigenvalue weighted by molar-refractivity contribution is -0.120. The van der Waals surface area contributed by atoms with E-state index in [-0.39, 0.29) is 17.9 Å². The Morgan fingerprint density at radius 1 is 1.45 bits per heavy atom. The summed E-state index contributed by atoms with van der Waals surface area (Å²) in [5.74, 6) is 0.0638. The van der Waals surface area contributed by atoms with Crippen LogP contribution in [0.15, 0.2) is 36.9 Å². The Kier molecular flexibility index (Phi) is 3.47. The fraction of sp³-hybridized carbons (Fsp3) is 0.357. The van der Waals surface area contributed by atoms with E-state index < -0.39 is 0 Å². The molecular formula is C14H17N5O. The van der Waals surface area contributed by atoms with Gasteiger partial charge in [-0.15, -0.1) is 0 Å². The maximum atomic E-state index is 12.4. The van der Waals surface area contributed by atoms with E-state index >= 15 is 0 Å². The standard InChI is InChI=1S/C14H17N5O/c1-10-11(6-7-16-10)14(20)18-12-4-2-3-5-13(12)19-9-15-8-17-19/h2-5,8-11,16H,6-7H2,1H3,(H,18,20). The number of benzene rings is 1. The SMILES string of the molecule is CC1NCCC1C(=O)Nc1ccccc1-n1cncn1. The molecule has 0 radical (unpaired) electrons. The van der Waals surface area contributed by atoms with Crippen LogP contribution in [0.3, 0.4) is 0 Å². The molecule has 2 heterocycles. The van der Waals surface area contributed by atoms with E-state index in [1.54, 1.807) is 11.0 Å². The minimum Gasteiger partial charge on any atom is -0.324 e. The third kappa shape index (κ3) is 2.42. The molecule has 20 heavy (non-hydrogen) atoms. The summed E-state index contributed by atoms with van der Waals surface area (Å²) in [4.78, 5) is 16.3. The van der Waals surface area contributed by atoms with Gasteiger partial charge in [0.25, 0.3) is 0 Å². The number of nitrogens with zero attached hydrogens (tertiary/aromatic N) is 3. The van der Waals surface area contributed by atoms with Crippen molar-refractivity contribution in [2.45, 2.75) is 19.4 Å². The summed E-state index contributed by atoms with van der Waals surface area (Å²) < 4.78 is 1.64. The number of hydrogen-bond acceptors (Lipinski definition) is 4. The van der Waals surface area contributed by atoms with Crippen molar-refractivity contribution in [3.05, 3.63) is 36.9 Å². The summed E-state index contributed by atoms with van der Waals surface area (Å²) in [6.45, 7) is 2.94. The molecule has 2 unspecified atom stereocenters. The van der Waals surface area contributed by atoms with Crippen molar-refractivity contribution in [1.29, 1.82) is 0 Å². The first-order valence-electron chi connectivity index (χ1n) is 6.74. The van der Waals surface area contributed by atoms with Gasteiger partial charge >= 0.3 is 0 Å². The summed E-state index contributed by atoms with van der Waals surface area (Å²) in [5.41, 5.74) is 1.57. The first-order chi connectivity index (χ1) is 9.75. The van der Waals surface area contributed by atoms with Gasteiger partial charge in [-0.3, -0.25) is 4.79 Å². The van der Waals surface area contributed by atoms with Crippen LogP contribution >= 0.6 is 0 Å². The third-order valence-corrected chi connectivity index (χ3v) is 3.69. The molecule has 2 aromatic rings. The van der Waals surface area contributed by atoms with E-state index in [1.165, 1.54) is 6.33 Å². The Bertz CT molecular complexity index is 595. The fourth-order valence-electron chi connectivity index (χ4n) is 2.55. The molecule has 1 aromatic heterocycles. The van der Waals surface area contributed by atoms with Crippen LogP contribution in [0.5, 0.6) is 0 Å². The molecule has 0 saturated carbocycles. The molecule has 1 aromatic carbocycles. The second-order valence-corrected chi connectivity index (χ2v) is 4.98. The maximum Gasteiger partial charge on any atom is 0.229 e. The van der Waals surface area contributed by atoms with Crippen LogP contribution in [0.2, 0.25) is 0 Å². The number of rotatable bonds is 3. The third-order valence-electron chi connectivity index (χ3n) is 3.69. The van der Waals surface area contributed by atoms with Gasteiger partial charge in [-0.1, -0.05) is 12.1 Å². The number of para-hydroxylation sites is 2. The summed E-state index contributed by atoms with van der Waals surface area (Å²) >= 11 is 0. The van der Waals surface area contributed by atoms with Crippen LogP contribution < -0.4 is 10.6 Å². The van der Waals surface area contributed by atoms with Crippen LogP contribution in [0.25, 0.3) is 5.69 Å². The van der Waals surface area contributed by atoms with Crippen LogP contribution in [0, 0.1) is 5.92 Å². The van der Waals surface area contributed by atoms with E-state index in [4.69, 9.17) is 0 Å². The quantitative estimate of drug-likeness (QED) is 0.880. The molecule has 0 bridgehead atoms. The average Bonchev–Trinajstić information content (AvgIpc) is 3.10. The lowest BCUT2D eigenvalue weighted by Crippen LogP contribution is -2.32. The number of carbonyl (C=O) groups excluding carboxylic acids is 1. The van der Waals surface area contributed by atoms with Gasteiger partial charge in [0.2, 0.25) is 5.91 Å². The number of nitrogens with one attached hydrogen (secondary N) is 2.